The monoisotopic (exact) mass is 890 g/mol. The van der Waals surface area contributed by atoms with E-state index in [0.717, 1.165) is 5.56 Å². The lowest BCUT2D eigenvalue weighted by molar-refractivity contribution is -0.142. The molecule has 0 saturated carbocycles. The standard InChI is InChI=1S/C42H67N9O11.CH4/c1-28(2)22-33-32(41(60)48-61)7-5-21-62-31-11-9-29(10-12-31)23-34(47-40(33)59)36(53)24-30(6-3-14-46-42(43)44)35(52)8-4-13-45-37(54)25-49-15-17-50(26-38(55)56)19-20-51(18-16-49)27-39(57)58;/h9-12,28,30,32-34,61H,3-8,13-27H2,1-2H3,(H,45,54)(H,47,59)(H,48,60)(H,55,56)(H,57,58)(H4,43,44,46);1H4/t30-,32+,33-,34+;/m1./s1. The number of amides is 3. The molecule has 10 N–H and O–H groups in total. The maximum atomic E-state index is 14.3. The van der Waals surface area contributed by atoms with Crippen molar-refractivity contribution in [3.63, 3.8) is 0 Å². The van der Waals surface area contributed by atoms with Crippen LogP contribution in [0.5, 0.6) is 5.75 Å². The first-order valence-corrected chi connectivity index (χ1v) is 21.5. The molecule has 0 aliphatic carbocycles. The number of fused-ring (bicyclic) bond motifs is 11. The number of nitrogens with two attached hydrogens (primary N) is 2. The van der Waals surface area contributed by atoms with Crippen molar-refractivity contribution in [2.24, 2.45) is 40.1 Å². The van der Waals surface area contributed by atoms with Gasteiger partial charge in [-0.25, -0.2) is 5.48 Å². The summed E-state index contributed by atoms with van der Waals surface area (Å²) in [6, 6.07) is 6.11. The van der Waals surface area contributed by atoms with Crippen molar-refractivity contribution in [2.75, 3.05) is 78.6 Å². The number of rotatable bonds is 21. The summed E-state index contributed by atoms with van der Waals surface area (Å²) < 4.78 is 5.87. The van der Waals surface area contributed by atoms with Crippen molar-refractivity contribution in [3.8, 4) is 5.75 Å². The number of aliphatic imine (C=N–C) groups is 1. The number of carbonyl (C=O) groups is 7. The van der Waals surface area contributed by atoms with Gasteiger partial charge in [-0.3, -0.25) is 58.5 Å². The molecule has 20 nitrogen and oxygen atoms in total. The lowest BCUT2D eigenvalue weighted by atomic mass is 9.81. The molecule has 3 aliphatic heterocycles. The molecule has 4 atom stereocenters. The smallest absolute Gasteiger partial charge is 0.317 e. The third-order valence-corrected chi connectivity index (χ3v) is 11.1. The summed E-state index contributed by atoms with van der Waals surface area (Å²) in [5, 5.41) is 34.0. The van der Waals surface area contributed by atoms with Gasteiger partial charge in [0.2, 0.25) is 17.7 Å². The molecule has 1 aromatic rings. The molecule has 63 heavy (non-hydrogen) atoms. The number of hydrogen-bond donors (Lipinski definition) is 8. The highest BCUT2D eigenvalue weighted by atomic mass is 16.5. The minimum atomic E-state index is -1.04. The number of nitrogens with zero attached hydrogens (tertiary/aromatic N) is 4. The predicted molar refractivity (Wildman–Crippen MR) is 235 cm³/mol. The second-order valence-electron chi connectivity index (χ2n) is 16.6. The number of guanidine groups is 1. The van der Waals surface area contributed by atoms with Crippen LogP contribution in [-0.2, 0) is 40.0 Å². The highest BCUT2D eigenvalue weighted by Gasteiger charge is 2.36. The molecule has 1 saturated heterocycles. The quantitative estimate of drug-likeness (QED) is 0.0274. The van der Waals surface area contributed by atoms with Gasteiger partial charge >= 0.3 is 11.9 Å². The molecule has 0 aromatic heterocycles. The molecular formula is C43H71N9O11. The minimum Gasteiger partial charge on any atom is -0.494 e. The number of hydroxylamine groups is 1. The van der Waals surface area contributed by atoms with Crippen LogP contribution in [0.4, 0.5) is 0 Å². The molecule has 20 heteroatoms. The van der Waals surface area contributed by atoms with Gasteiger partial charge in [-0.1, -0.05) is 33.4 Å². The third-order valence-electron chi connectivity index (χ3n) is 11.1. The van der Waals surface area contributed by atoms with E-state index >= 15 is 0 Å². The van der Waals surface area contributed by atoms with Gasteiger partial charge in [-0.15, -0.1) is 0 Å². The van der Waals surface area contributed by atoms with Gasteiger partial charge in [0.25, 0.3) is 0 Å². The molecule has 4 rings (SSSR count). The van der Waals surface area contributed by atoms with E-state index < -0.39 is 47.5 Å². The van der Waals surface area contributed by atoms with E-state index in [1.165, 1.54) is 0 Å². The summed E-state index contributed by atoms with van der Waals surface area (Å²) in [4.78, 5) is 100. The Morgan fingerprint density at radius 2 is 1.49 bits per heavy atom. The number of ether oxygens (including phenoxy) is 1. The van der Waals surface area contributed by atoms with Crippen LogP contribution in [0.3, 0.4) is 0 Å². The van der Waals surface area contributed by atoms with E-state index in [1.807, 2.05) is 30.9 Å². The summed E-state index contributed by atoms with van der Waals surface area (Å²) in [6.07, 6.45) is 1.92. The summed E-state index contributed by atoms with van der Waals surface area (Å²) in [6.45, 7) is 6.39. The van der Waals surface area contributed by atoms with Gasteiger partial charge in [0.15, 0.2) is 11.7 Å². The molecule has 2 bridgehead atoms. The predicted octanol–water partition coefficient (Wildman–Crippen LogP) is 0.490. The van der Waals surface area contributed by atoms with Crippen LogP contribution >= 0.6 is 0 Å². The third kappa shape index (κ3) is 20.7. The van der Waals surface area contributed by atoms with Crippen LogP contribution in [0.2, 0.25) is 0 Å². The number of hydrogen-bond acceptors (Lipinski definition) is 13. The van der Waals surface area contributed by atoms with Crippen LogP contribution in [0.25, 0.3) is 0 Å². The van der Waals surface area contributed by atoms with Crippen LogP contribution in [0, 0.1) is 23.7 Å². The maximum Gasteiger partial charge on any atom is 0.317 e. The number of aliphatic carboxylic acids is 2. The van der Waals surface area contributed by atoms with Crippen molar-refractivity contribution in [3.05, 3.63) is 29.8 Å². The second kappa shape index (κ2) is 28.5. The van der Waals surface area contributed by atoms with E-state index in [4.69, 9.17) is 16.2 Å². The fraction of sp³-hybridized carbons (Fsp3) is 0.674. The van der Waals surface area contributed by atoms with E-state index in [-0.39, 0.29) is 108 Å². The molecule has 3 heterocycles. The lowest BCUT2D eigenvalue weighted by Gasteiger charge is -2.29. The first kappa shape index (κ1) is 54.0. The van der Waals surface area contributed by atoms with Crippen molar-refractivity contribution in [2.45, 2.75) is 85.1 Å². The Morgan fingerprint density at radius 1 is 0.905 bits per heavy atom. The van der Waals surface area contributed by atoms with Gasteiger partial charge in [0, 0.05) is 77.0 Å². The molecule has 0 spiro atoms. The number of carbonyl (C=O) groups excluding carboxylic acids is 5. The van der Waals surface area contributed by atoms with Crippen molar-refractivity contribution >= 4 is 47.2 Å². The number of benzene rings is 1. The number of carboxylic acid groups (broad SMARTS) is 2. The molecule has 354 valence electrons. The van der Waals surface area contributed by atoms with Gasteiger partial charge in [-0.2, -0.15) is 0 Å². The first-order valence-electron chi connectivity index (χ1n) is 21.5. The van der Waals surface area contributed by atoms with Crippen LogP contribution in [0.15, 0.2) is 29.3 Å². The average Bonchev–Trinajstić information content (AvgIpc) is 3.29. The number of nitrogens with one attached hydrogen (secondary N) is 3. The molecule has 0 unspecified atom stereocenters. The van der Waals surface area contributed by atoms with Gasteiger partial charge in [0.05, 0.1) is 38.2 Å². The Morgan fingerprint density at radius 3 is 2.03 bits per heavy atom. The average molecular weight is 890 g/mol. The van der Waals surface area contributed by atoms with Crippen LogP contribution < -0.4 is 32.3 Å². The summed E-state index contributed by atoms with van der Waals surface area (Å²) in [5.74, 6) is -6.11. The molecule has 3 aliphatic rings. The topological polar surface area (TPSA) is 300 Å². The summed E-state index contributed by atoms with van der Waals surface area (Å²) >= 11 is 0. The van der Waals surface area contributed by atoms with Crippen molar-refractivity contribution in [1.82, 2.24) is 30.8 Å². The highest BCUT2D eigenvalue weighted by molar-refractivity contribution is 5.94. The van der Waals surface area contributed by atoms with E-state index in [2.05, 4.69) is 15.6 Å². The number of ketones is 2. The Balaban J connectivity index is 0.0000137. The van der Waals surface area contributed by atoms with E-state index in [1.54, 1.807) is 27.4 Å². The minimum absolute atomic E-state index is 0. The summed E-state index contributed by atoms with van der Waals surface area (Å²) in [7, 11) is 0. The SMILES string of the molecule is C.CC(C)C[C@H]1C(=O)N[C@H](C(=O)C[C@@H](CCCN=C(N)N)C(=O)CCCNC(=O)CN2CCN(CC(=O)O)CCN(CC(=O)O)CC2)Cc2ccc(cc2)OCCC[C@@H]1C(=O)NO. The molecule has 0 radical (unpaired) electrons. The zero-order valence-corrected chi connectivity index (χ0v) is 36.1. The van der Waals surface area contributed by atoms with Gasteiger partial charge in [0.1, 0.15) is 11.5 Å². The van der Waals surface area contributed by atoms with Gasteiger partial charge < -0.3 is 37.1 Å². The Bertz CT molecular complexity index is 1650. The number of carboxylic acids is 2. The zero-order valence-electron chi connectivity index (χ0n) is 36.1. The second-order valence-corrected chi connectivity index (χ2v) is 16.6. The molecule has 3 amide bonds. The zero-order chi connectivity index (χ0) is 45.6. The molecular weight excluding hydrogens is 819 g/mol. The van der Waals surface area contributed by atoms with E-state index in [9.17, 15) is 49.0 Å². The Kier molecular flexibility index (Phi) is 24.4. The van der Waals surface area contributed by atoms with Crippen LogP contribution in [0.1, 0.15) is 78.2 Å². The van der Waals surface area contributed by atoms with E-state index in [0.29, 0.717) is 70.9 Å². The first-order chi connectivity index (χ1) is 29.5. The molecule has 1 aromatic carbocycles. The summed E-state index contributed by atoms with van der Waals surface area (Å²) in [5.41, 5.74) is 13.5. The normalized spacial score (nSPS) is 19.9. The fourth-order valence-electron chi connectivity index (χ4n) is 7.84. The number of Topliss-reactive ketones (excluding diaryl/α,β-unsaturated/α-hetero) is 2. The fourth-order valence-corrected chi connectivity index (χ4v) is 7.84. The Labute approximate surface area is 370 Å². The Hall–Kier alpha value is -5.18. The highest BCUT2D eigenvalue weighted by Crippen LogP contribution is 2.28. The van der Waals surface area contributed by atoms with Crippen molar-refractivity contribution in [1.29, 1.82) is 0 Å². The largest absolute Gasteiger partial charge is 0.494 e. The van der Waals surface area contributed by atoms with Gasteiger partial charge in [-0.05, 0) is 68.6 Å². The maximum absolute atomic E-state index is 14.3. The lowest BCUT2D eigenvalue weighted by Crippen LogP contribution is -2.49. The molecule has 1 fully saturated rings. The van der Waals surface area contributed by atoms with Crippen LogP contribution in [-0.4, -0.2) is 162 Å². The van der Waals surface area contributed by atoms with Crippen molar-refractivity contribution < 1.29 is 53.7 Å².